The summed E-state index contributed by atoms with van der Waals surface area (Å²) in [5.41, 5.74) is 1.75. The number of hydrogen-bond acceptors (Lipinski definition) is 2. The van der Waals surface area contributed by atoms with Crippen LogP contribution in [0.1, 0.15) is 35.2 Å². The molecule has 2 N–H and O–H groups in total. The summed E-state index contributed by atoms with van der Waals surface area (Å²) in [6.07, 6.45) is 3.33. The number of benzene rings is 1. The maximum atomic E-state index is 12.1. The van der Waals surface area contributed by atoms with Crippen LogP contribution in [0.4, 0.5) is 0 Å². The van der Waals surface area contributed by atoms with Crippen molar-refractivity contribution in [3.05, 3.63) is 33.8 Å². The Morgan fingerprint density at radius 1 is 1.37 bits per heavy atom. The maximum absolute atomic E-state index is 12.1. The minimum absolute atomic E-state index is 0.0343. The lowest BCUT2D eigenvalue weighted by atomic mass is 9.97. The van der Waals surface area contributed by atoms with E-state index in [1.807, 2.05) is 25.1 Å². The van der Waals surface area contributed by atoms with Gasteiger partial charge in [0, 0.05) is 23.2 Å². The van der Waals surface area contributed by atoms with Crippen LogP contribution in [0.2, 0.25) is 0 Å². The molecule has 0 bridgehead atoms. The number of carbonyl (C=O) groups excluding carboxylic acids is 1. The average molecular weight is 326 g/mol. The van der Waals surface area contributed by atoms with Crippen LogP contribution in [0, 0.1) is 18.8 Å². The number of aliphatic hydroxyl groups excluding tert-OH is 1. The van der Waals surface area contributed by atoms with Crippen LogP contribution < -0.4 is 5.32 Å². The number of nitrogens with one attached hydrogen (secondary N) is 1. The fourth-order valence-corrected chi connectivity index (χ4v) is 3.42. The van der Waals surface area contributed by atoms with Crippen molar-refractivity contribution in [2.45, 2.75) is 26.2 Å². The van der Waals surface area contributed by atoms with E-state index in [-0.39, 0.29) is 12.5 Å². The van der Waals surface area contributed by atoms with Gasteiger partial charge in [0.1, 0.15) is 0 Å². The Hall–Kier alpha value is -0.870. The molecule has 0 aliphatic heterocycles. The molecule has 1 aromatic carbocycles. The van der Waals surface area contributed by atoms with E-state index in [4.69, 9.17) is 0 Å². The molecule has 19 heavy (non-hydrogen) atoms. The first kappa shape index (κ1) is 14.5. The summed E-state index contributed by atoms with van der Waals surface area (Å²) in [4.78, 5) is 12.1. The third kappa shape index (κ3) is 3.80. The molecule has 2 unspecified atom stereocenters. The Labute approximate surface area is 122 Å². The van der Waals surface area contributed by atoms with E-state index in [0.29, 0.717) is 23.9 Å². The topological polar surface area (TPSA) is 49.3 Å². The minimum Gasteiger partial charge on any atom is -0.396 e. The van der Waals surface area contributed by atoms with Gasteiger partial charge in [-0.1, -0.05) is 22.4 Å². The summed E-state index contributed by atoms with van der Waals surface area (Å²) in [7, 11) is 0. The van der Waals surface area contributed by atoms with Gasteiger partial charge in [0.05, 0.1) is 0 Å². The van der Waals surface area contributed by atoms with Crippen LogP contribution in [0.25, 0.3) is 0 Å². The molecule has 3 nitrogen and oxygen atoms in total. The van der Waals surface area contributed by atoms with Crippen molar-refractivity contribution in [2.24, 2.45) is 11.8 Å². The fourth-order valence-electron chi connectivity index (χ4n) is 2.82. The van der Waals surface area contributed by atoms with Gasteiger partial charge >= 0.3 is 0 Å². The van der Waals surface area contributed by atoms with Crippen molar-refractivity contribution >= 4 is 21.8 Å². The van der Waals surface area contributed by atoms with Gasteiger partial charge in [0.25, 0.3) is 5.91 Å². The van der Waals surface area contributed by atoms with E-state index in [1.54, 1.807) is 0 Å². The normalized spacial score (nSPS) is 22.5. The van der Waals surface area contributed by atoms with Gasteiger partial charge in [0.2, 0.25) is 0 Å². The Kier molecular flexibility index (Phi) is 4.99. The van der Waals surface area contributed by atoms with Crippen LogP contribution >= 0.6 is 15.9 Å². The molecule has 104 valence electrons. The van der Waals surface area contributed by atoms with Crippen molar-refractivity contribution in [1.29, 1.82) is 0 Å². The molecule has 1 aliphatic rings. The lowest BCUT2D eigenvalue weighted by molar-refractivity contribution is 0.0937. The van der Waals surface area contributed by atoms with Gasteiger partial charge < -0.3 is 10.4 Å². The van der Waals surface area contributed by atoms with E-state index in [2.05, 4.69) is 21.2 Å². The van der Waals surface area contributed by atoms with Gasteiger partial charge in [0.15, 0.2) is 0 Å². The van der Waals surface area contributed by atoms with Crippen LogP contribution in [0.15, 0.2) is 22.7 Å². The molecule has 0 heterocycles. The monoisotopic (exact) mass is 325 g/mol. The molecule has 2 rings (SSSR count). The standard InChI is InChI=1S/C15H20BrNO2/c1-10-5-13(7-14(16)6-10)15(19)17-8-11-3-2-4-12(11)9-18/h5-7,11-12,18H,2-4,8-9H2,1H3,(H,17,19). The molecule has 4 heteroatoms. The number of aryl methyl sites for hydroxylation is 1. The van der Waals surface area contributed by atoms with Crippen molar-refractivity contribution in [2.75, 3.05) is 13.2 Å². The predicted molar refractivity (Wildman–Crippen MR) is 79.1 cm³/mol. The van der Waals surface area contributed by atoms with E-state index in [9.17, 15) is 9.90 Å². The molecule has 1 saturated carbocycles. The third-order valence-corrected chi connectivity index (χ3v) is 4.34. The van der Waals surface area contributed by atoms with Crippen LogP contribution in [0.5, 0.6) is 0 Å². The summed E-state index contributed by atoms with van der Waals surface area (Å²) < 4.78 is 0.923. The Morgan fingerprint density at radius 3 is 2.79 bits per heavy atom. The molecule has 0 spiro atoms. The van der Waals surface area contributed by atoms with Crippen LogP contribution in [0.3, 0.4) is 0 Å². The zero-order valence-electron chi connectivity index (χ0n) is 11.2. The van der Waals surface area contributed by atoms with Crippen LogP contribution in [-0.2, 0) is 0 Å². The summed E-state index contributed by atoms with van der Waals surface area (Å²) >= 11 is 3.41. The van der Waals surface area contributed by atoms with E-state index in [1.165, 1.54) is 0 Å². The summed E-state index contributed by atoms with van der Waals surface area (Å²) in [6.45, 7) is 2.87. The molecule has 1 amide bonds. The molecule has 0 saturated heterocycles. The van der Waals surface area contributed by atoms with Gasteiger partial charge in [-0.25, -0.2) is 0 Å². The van der Waals surface area contributed by atoms with Crippen molar-refractivity contribution in [1.82, 2.24) is 5.32 Å². The quantitative estimate of drug-likeness (QED) is 0.894. The molecular weight excluding hydrogens is 306 g/mol. The molecule has 0 aromatic heterocycles. The fraction of sp³-hybridized carbons (Fsp3) is 0.533. The lowest BCUT2D eigenvalue weighted by Gasteiger charge is -2.17. The largest absolute Gasteiger partial charge is 0.396 e. The number of hydrogen-bond donors (Lipinski definition) is 2. The molecule has 1 aromatic rings. The number of amides is 1. The second-order valence-corrected chi connectivity index (χ2v) is 6.28. The first-order valence-corrected chi connectivity index (χ1v) is 7.55. The van der Waals surface area contributed by atoms with Crippen molar-refractivity contribution in [3.8, 4) is 0 Å². The molecule has 0 radical (unpaired) electrons. The molecular formula is C15H20BrNO2. The number of aliphatic hydroxyl groups is 1. The SMILES string of the molecule is Cc1cc(Br)cc(C(=O)NCC2CCCC2CO)c1. The zero-order chi connectivity index (χ0) is 13.8. The van der Waals surface area contributed by atoms with Crippen LogP contribution in [-0.4, -0.2) is 24.2 Å². The highest BCUT2D eigenvalue weighted by Gasteiger charge is 2.26. The zero-order valence-corrected chi connectivity index (χ0v) is 12.7. The van der Waals surface area contributed by atoms with Gasteiger partial charge in [-0.15, -0.1) is 0 Å². The summed E-state index contributed by atoms with van der Waals surface area (Å²) in [6, 6.07) is 5.70. The number of rotatable bonds is 4. The van der Waals surface area contributed by atoms with E-state index < -0.39 is 0 Å². The highest BCUT2D eigenvalue weighted by atomic mass is 79.9. The summed E-state index contributed by atoms with van der Waals surface area (Å²) in [5, 5.41) is 12.3. The first-order chi connectivity index (χ1) is 9.10. The third-order valence-electron chi connectivity index (χ3n) is 3.88. The predicted octanol–water partition coefficient (Wildman–Crippen LogP) is 2.90. The number of halogens is 1. The smallest absolute Gasteiger partial charge is 0.251 e. The van der Waals surface area contributed by atoms with E-state index >= 15 is 0 Å². The van der Waals surface area contributed by atoms with Crippen molar-refractivity contribution < 1.29 is 9.90 Å². The maximum Gasteiger partial charge on any atom is 0.251 e. The second kappa shape index (κ2) is 6.53. The summed E-state index contributed by atoms with van der Waals surface area (Å²) in [5.74, 6) is 0.736. The average Bonchev–Trinajstić information content (AvgIpc) is 2.82. The Balaban J connectivity index is 1.94. The van der Waals surface area contributed by atoms with Gasteiger partial charge in [-0.05, 0) is 55.4 Å². The second-order valence-electron chi connectivity index (χ2n) is 5.36. The highest BCUT2D eigenvalue weighted by Crippen LogP contribution is 2.30. The molecule has 2 atom stereocenters. The first-order valence-electron chi connectivity index (χ1n) is 6.76. The number of carbonyl (C=O) groups is 1. The molecule has 1 aliphatic carbocycles. The van der Waals surface area contributed by atoms with Gasteiger partial charge in [-0.3, -0.25) is 4.79 Å². The van der Waals surface area contributed by atoms with E-state index in [0.717, 1.165) is 29.3 Å². The lowest BCUT2D eigenvalue weighted by Crippen LogP contribution is -2.31. The Bertz CT molecular complexity index is 441. The Morgan fingerprint density at radius 2 is 2.11 bits per heavy atom. The van der Waals surface area contributed by atoms with Gasteiger partial charge in [-0.2, -0.15) is 0 Å². The van der Waals surface area contributed by atoms with Crippen molar-refractivity contribution in [3.63, 3.8) is 0 Å². The minimum atomic E-state index is -0.0343. The molecule has 1 fully saturated rings. The highest BCUT2D eigenvalue weighted by molar-refractivity contribution is 9.10.